The van der Waals surface area contributed by atoms with Crippen LogP contribution in [0.3, 0.4) is 0 Å². The molecule has 0 saturated heterocycles. The van der Waals surface area contributed by atoms with Gasteiger partial charge in [-0.05, 0) is 30.2 Å². The minimum Gasteiger partial charge on any atom is -0.214 e. The maximum atomic E-state index is 4.47. The Bertz CT molecular complexity index is 754. The van der Waals surface area contributed by atoms with Crippen molar-refractivity contribution in [2.75, 3.05) is 0 Å². The molecule has 3 rings (SSSR count). The van der Waals surface area contributed by atoms with Gasteiger partial charge in [-0.25, -0.2) is 15.0 Å². The Morgan fingerprint density at radius 2 is 1.00 bits per heavy atom. The second-order valence-electron chi connectivity index (χ2n) is 5.09. The first-order valence-electron chi connectivity index (χ1n) is 7.48. The lowest BCUT2D eigenvalue weighted by Gasteiger charge is -1.99. The Morgan fingerprint density at radius 3 is 1.43 bits per heavy atom. The fourth-order valence-corrected chi connectivity index (χ4v) is 2.14. The topological polar surface area (TPSA) is 38.7 Å². The molecule has 0 aliphatic carbocycles. The summed E-state index contributed by atoms with van der Waals surface area (Å²) in [6.45, 7) is 1.88. The highest BCUT2D eigenvalue weighted by molar-refractivity contribution is 5.69. The molecule has 3 aromatic rings. The first-order chi connectivity index (χ1) is 11.3. The molecule has 3 heteroatoms. The number of hydrogen-bond donors (Lipinski definition) is 0. The van der Waals surface area contributed by atoms with Gasteiger partial charge in [0.2, 0.25) is 0 Å². The summed E-state index contributed by atoms with van der Waals surface area (Å²) in [7, 11) is 0. The maximum Gasteiger partial charge on any atom is 0.156 e. The van der Waals surface area contributed by atoms with Crippen LogP contribution in [-0.2, 0) is 0 Å². The number of benzene rings is 2. The molecule has 0 fully saturated rings. The number of rotatable bonds is 4. The van der Waals surface area contributed by atoms with Crippen LogP contribution in [0.1, 0.15) is 28.6 Å². The van der Waals surface area contributed by atoms with Gasteiger partial charge in [-0.3, -0.25) is 0 Å². The Kier molecular flexibility index (Phi) is 4.69. The lowest BCUT2D eigenvalue weighted by Crippen LogP contribution is -1.98. The predicted octanol–water partition coefficient (Wildman–Crippen LogP) is 4.52. The van der Waals surface area contributed by atoms with Gasteiger partial charge < -0.3 is 0 Å². The predicted molar refractivity (Wildman–Crippen MR) is 95.3 cm³/mol. The van der Waals surface area contributed by atoms with Crippen LogP contribution in [-0.4, -0.2) is 15.0 Å². The zero-order valence-corrected chi connectivity index (χ0v) is 12.9. The van der Waals surface area contributed by atoms with E-state index in [1.165, 1.54) is 0 Å². The van der Waals surface area contributed by atoms with E-state index in [0.29, 0.717) is 17.5 Å². The molecule has 1 heterocycles. The third-order valence-corrected chi connectivity index (χ3v) is 3.23. The van der Waals surface area contributed by atoms with E-state index < -0.39 is 0 Å². The van der Waals surface area contributed by atoms with Crippen molar-refractivity contribution in [3.8, 4) is 0 Å². The third kappa shape index (κ3) is 4.45. The lowest BCUT2D eigenvalue weighted by molar-refractivity contribution is 0.945. The largest absolute Gasteiger partial charge is 0.214 e. The molecule has 1 aromatic heterocycles. The average Bonchev–Trinajstić information content (AvgIpc) is 2.60. The van der Waals surface area contributed by atoms with E-state index >= 15 is 0 Å². The summed E-state index contributed by atoms with van der Waals surface area (Å²) in [6, 6.07) is 20.2. The molecule has 0 spiro atoms. The number of aromatic nitrogens is 3. The summed E-state index contributed by atoms with van der Waals surface area (Å²) >= 11 is 0. The normalized spacial score (nSPS) is 11.3. The van der Waals surface area contributed by atoms with E-state index in [1.54, 1.807) is 0 Å². The average molecular weight is 299 g/mol. The lowest BCUT2D eigenvalue weighted by atomic mass is 10.2. The molecule has 0 saturated carbocycles. The van der Waals surface area contributed by atoms with Crippen LogP contribution in [0.25, 0.3) is 24.3 Å². The van der Waals surface area contributed by atoms with Gasteiger partial charge in [0, 0.05) is 0 Å². The van der Waals surface area contributed by atoms with E-state index in [2.05, 4.69) is 15.0 Å². The number of hydrogen-bond acceptors (Lipinski definition) is 3. The minimum atomic E-state index is 0.661. The van der Waals surface area contributed by atoms with Crippen molar-refractivity contribution in [1.82, 2.24) is 15.0 Å². The van der Waals surface area contributed by atoms with E-state index in [-0.39, 0.29) is 0 Å². The Hall–Kier alpha value is -3.07. The summed E-state index contributed by atoms with van der Waals surface area (Å²) in [5.41, 5.74) is 2.24. The van der Waals surface area contributed by atoms with Crippen molar-refractivity contribution in [2.45, 2.75) is 6.92 Å². The van der Waals surface area contributed by atoms with Crippen LogP contribution in [0.15, 0.2) is 60.7 Å². The van der Waals surface area contributed by atoms with E-state index in [9.17, 15) is 0 Å². The quantitative estimate of drug-likeness (QED) is 0.711. The molecule has 23 heavy (non-hydrogen) atoms. The molecule has 0 amide bonds. The van der Waals surface area contributed by atoms with Crippen LogP contribution < -0.4 is 0 Å². The molecule has 0 radical (unpaired) electrons. The molecular formula is C20H17N3. The second-order valence-corrected chi connectivity index (χ2v) is 5.09. The second kappa shape index (κ2) is 7.27. The molecule has 0 bridgehead atoms. The van der Waals surface area contributed by atoms with Gasteiger partial charge in [-0.1, -0.05) is 72.8 Å². The zero-order chi connectivity index (χ0) is 15.9. The van der Waals surface area contributed by atoms with E-state index in [4.69, 9.17) is 0 Å². The number of nitrogens with zero attached hydrogens (tertiary/aromatic N) is 3. The fraction of sp³-hybridized carbons (Fsp3) is 0.0500. The van der Waals surface area contributed by atoms with Gasteiger partial charge in [0.05, 0.1) is 0 Å². The summed E-state index contributed by atoms with van der Waals surface area (Å²) < 4.78 is 0. The first-order valence-corrected chi connectivity index (χ1v) is 7.48. The summed E-state index contributed by atoms with van der Waals surface area (Å²) in [4.78, 5) is 13.2. The number of aryl methyl sites for hydroxylation is 1. The van der Waals surface area contributed by atoms with Crippen LogP contribution in [0, 0.1) is 6.92 Å². The zero-order valence-electron chi connectivity index (χ0n) is 12.9. The van der Waals surface area contributed by atoms with Gasteiger partial charge in [-0.15, -0.1) is 0 Å². The highest BCUT2D eigenvalue weighted by Gasteiger charge is 1.98. The molecule has 3 nitrogen and oxygen atoms in total. The monoisotopic (exact) mass is 299 g/mol. The van der Waals surface area contributed by atoms with Crippen molar-refractivity contribution in [2.24, 2.45) is 0 Å². The van der Waals surface area contributed by atoms with Crippen molar-refractivity contribution in [1.29, 1.82) is 0 Å². The van der Waals surface area contributed by atoms with Crippen molar-refractivity contribution in [3.63, 3.8) is 0 Å². The van der Waals surface area contributed by atoms with E-state index in [1.807, 2.05) is 91.9 Å². The van der Waals surface area contributed by atoms with Crippen molar-refractivity contribution < 1.29 is 0 Å². The van der Waals surface area contributed by atoms with Crippen molar-refractivity contribution in [3.05, 3.63) is 89.3 Å². The third-order valence-electron chi connectivity index (χ3n) is 3.23. The van der Waals surface area contributed by atoms with Crippen molar-refractivity contribution >= 4 is 24.3 Å². The smallest absolute Gasteiger partial charge is 0.156 e. The van der Waals surface area contributed by atoms with Gasteiger partial charge in [0.1, 0.15) is 5.82 Å². The summed E-state index contributed by atoms with van der Waals surface area (Å²) in [5.74, 6) is 2.03. The van der Waals surface area contributed by atoms with Gasteiger partial charge >= 0.3 is 0 Å². The van der Waals surface area contributed by atoms with Crippen LogP contribution >= 0.6 is 0 Å². The molecule has 0 unspecified atom stereocenters. The van der Waals surface area contributed by atoms with Crippen LogP contribution in [0.5, 0.6) is 0 Å². The first kappa shape index (κ1) is 14.9. The molecule has 0 aliphatic heterocycles. The van der Waals surface area contributed by atoms with Gasteiger partial charge in [0.15, 0.2) is 11.6 Å². The summed E-state index contributed by atoms with van der Waals surface area (Å²) in [6.07, 6.45) is 7.81. The molecule has 0 N–H and O–H groups in total. The Morgan fingerprint density at radius 1 is 0.565 bits per heavy atom. The Labute approximate surface area is 136 Å². The molecule has 0 atom stereocenters. The maximum absolute atomic E-state index is 4.47. The van der Waals surface area contributed by atoms with E-state index in [0.717, 1.165) is 11.1 Å². The molecule has 112 valence electrons. The molecular weight excluding hydrogens is 282 g/mol. The van der Waals surface area contributed by atoms with Gasteiger partial charge in [-0.2, -0.15) is 0 Å². The highest BCUT2D eigenvalue weighted by atomic mass is 15.0. The Balaban J connectivity index is 1.82. The van der Waals surface area contributed by atoms with Crippen LogP contribution in [0.4, 0.5) is 0 Å². The molecule has 2 aromatic carbocycles. The minimum absolute atomic E-state index is 0.661. The van der Waals surface area contributed by atoms with Gasteiger partial charge in [0.25, 0.3) is 0 Å². The highest BCUT2D eigenvalue weighted by Crippen LogP contribution is 2.08. The summed E-state index contributed by atoms with van der Waals surface area (Å²) in [5, 5.41) is 0. The SMILES string of the molecule is Cc1nc(/C=C/c2ccccc2)nc(/C=C/c2ccccc2)n1. The van der Waals surface area contributed by atoms with Crippen LogP contribution in [0.2, 0.25) is 0 Å². The standard InChI is InChI=1S/C20H17N3/c1-16-21-19(14-12-17-8-4-2-5-9-17)23-20(22-16)15-13-18-10-6-3-7-11-18/h2-15H,1H3/b14-12+,15-13+. The fourth-order valence-electron chi connectivity index (χ4n) is 2.14. The molecule has 0 aliphatic rings.